The van der Waals surface area contributed by atoms with Crippen LogP contribution in [0.25, 0.3) is 0 Å². The van der Waals surface area contributed by atoms with Crippen molar-refractivity contribution in [1.82, 2.24) is 5.43 Å². The van der Waals surface area contributed by atoms with Gasteiger partial charge in [0.2, 0.25) is 6.23 Å². The van der Waals surface area contributed by atoms with Crippen LogP contribution in [0.15, 0.2) is 78.9 Å². The van der Waals surface area contributed by atoms with E-state index < -0.39 is 12.4 Å². The number of halogens is 3. The Bertz CT molecular complexity index is 1040. The number of benzene rings is 3. The zero-order chi connectivity index (χ0) is 23.1. The first-order valence-corrected chi connectivity index (χ1v) is 10.00. The molecule has 0 fully saturated rings. The summed E-state index contributed by atoms with van der Waals surface area (Å²) in [5.74, 6) is 0.919. The summed E-state index contributed by atoms with van der Waals surface area (Å²) in [5, 5.41) is 10.8. The highest BCUT2D eigenvalue weighted by atomic mass is 19.4. The van der Waals surface area contributed by atoms with Gasteiger partial charge in [-0.25, -0.2) is 0 Å². The molecule has 0 saturated carbocycles. The molecule has 1 unspecified atom stereocenters. The normalized spacial score (nSPS) is 12.3. The fraction of sp³-hybridized carbons (Fsp3) is 0.208. The van der Waals surface area contributed by atoms with Crippen LogP contribution in [-0.4, -0.2) is 23.3 Å². The lowest BCUT2D eigenvalue weighted by Crippen LogP contribution is -2.51. The van der Waals surface area contributed by atoms with E-state index in [1.165, 1.54) is 5.01 Å². The van der Waals surface area contributed by atoms with Crippen molar-refractivity contribution in [1.29, 1.82) is 0 Å². The number of ketones is 1. The summed E-state index contributed by atoms with van der Waals surface area (Å²) in [6, 6.07) is 22.1. The van der Waals surface area contributed by atoms with Crippen molar-refractivity contribution in [2.24, 2.45) is 0 Å². The molecule has 0 bridgehead atoms. The number of hydrogen-bond donors (Lipinski definition) is 2. The van der Waals surface area contributed by atoms with Crippen LogP contribution in [0.1, 0.15) is 29.3 Å². The molecule has 0 radical (unpaired) electrons. The van der Waals surface area contributed by atoms with Crippen molar-refractivity contribution in [2.75, 3.05) is 5.01 Å². The summed E-state index contributed by atoms with van der Waals surface area (Å²) in [5.41, 5.74) is 3.51. The first-order chi connectivity index (χ1) is 15.3. The molecule has 168 valence electrons. The van der Waals surface area contributed by atoms with E-state index in [1.54, 1.807) is 79.7 Å². The molecule has 1 atom stereocenters. The van der Waals surface area contributed by atoms with Gasteiger partial charge in [-0.05, 0) is 35.9 Å². The Hall–Kier alpha value is -3.36. The Morgan fingerprint density at radius 2 is 1.69 bits per heavy atom. The highest BCUT2D eigenvalue weighted by Gasteiger charge is 2.39. The van der Waals surface area contributed by atoms with Crippen molar-refractivity contribution in [2.45, 2.75) is 32.3 Å². The van der Waals surface area contributed by atoms with Gasteiger partial charge in [-0.15, -0.1) is 0 Å². The second-order valence-electron chi connectivity index (χ2n) is 7.05. The summed E-state index contributed by atoms with van der Waals surface area (Å²) in [6.45, 7) is 1.70. The van der Waals surface area contributed by atoms with Gasteiger partial charge in [0.05, 0.1) is 12.2 Å². The highest BCUT2D eigenvalue weighted by Crippen LogP contribution is 2.27. The number of rotatable bonds is 9. The standard InChI is InChI=1S/C24H23F3N2O3/c1-2-22(30)18-9-6-8-17(14-18)16-29(28-23(31)24(25,26)27)19-10-7-13-21(15-19)32-20-11-4-3-5-12-20/h3-15,23,28,31H,2,16H2,1H3. The number of Topliss-reactive ketones (excluding diaryl/α,β-unsaturated/α-hetero) is 1. The number of nitrogens with zero attached hydrogens (tertiary/aromatic N) is 1. The number of alkyl halides is 3. The monoisotopic (exact) mass is 444 g/mol. The van der Waals surface area contributed by atoms with E-state index in [0.29, 0.717) is 34.7 Å². The Balaban J connectivity index is 1.89. The smallest absolute Gasteiger partial charge is 0.429 e. The summed E-state index contributed by atoms with van der Waals surface area (Å²) in [7, 11) is 0. The maximum atomic E-state index is 13.0. The number of aliphatic hydroxyl groups is 1. The lowest BCUT2D eigenvalue weighted by atomic mass is 10.1. The Morgan fingerprint density at radius 1 is 1.00 bits per heavy atom. The minimum absolute atomic E-state index is 0.0350. The fourth-order valence-electron chi connectivity index (χ4n) is 3.00. The molecule has 8 heteroatoms. The van der Waals surface area contributed by atoms with Crippen molar-refractivity contribution < 1.29 is 27.8 Å². The minimum atomic E-state index is -4.86. The molecule has 2 N–H and O–H groups in total. The number of nitrogens with one attached hydrogen (secondary N) is 1. The van der Waals surface area contributed by atoms with E-state index in [-0.39, 0.29) is 12.3 Å². The van der Waals surface area contributed by atoms with Crippen LogP contribution in [0, 0.1) is 0 Å². The molecule has 3 aromatic carbocycles. The maximum absolute atomic E-state index is 13.0. The molecular formula is C24H23F3N2O3. The van der Waals surface area contributed by atoms with Crippen LogP contribution in [-0.2, 0) is 6.54 Å². The summed E-state index contributed by atoms with van der Waals surface area (Å²) in [4.78, 5) is 12.0. The number of aliphatic hydroxyl groups excluding tert-OH is 1. The van der Waals surface area contributed by atoms with Crippen LogP contribution in [0.5, 0.6) is 11.5 Å². The zero-order valence-corrected chi connectivity index (χ0v) is 17.3. The van der Waals surface area contributed by atoms with Gasteiger partial charge >= 0.3 is 6.18 Å². The Morgan fingerprint density at radius 3 is 2.38 bits per heavy atom. The fourth-order valence-corrected chi connectivity index (χ4v) is 3.00. The third-order valence-electron chi connectivity index (χ3n) is 4.61. The molecule has 0 heterocycles. The van der Waals surface area contributed by atoms with E-state index >= 15 is 0 Å². The minimum Gasteiger partial charge on any atom is -0.457 e. The van der Waals surface area contributed by atoms with Crippen LogP contribution in [0.4, 0.5) is 18.9 Å². The summed E-state index contributed by atoms with van der Waals surface area (Å²) >= 11 is 0. The molecular weight excluding hydrogens is 421 g/mol. The molecule has 0 saturated heterocycles. The van der Waals surface area contributed by atoms with Gasteiger partial charge in [0.15, 0.2) is 5.78 Å². The van der Waals surface area contributed by atoms with Crippen molar-refractivity contribution >= 4 is 11.5 Å². The highest BCUT2D eigenvalue weighted by molar-refractivity contribution is 5.95. The van der Waals surface area contributed by atoms with E-state index in [9.17, 15) is 23.1 Å². The number of ether oxygens (including phenoxy) is 1. The maximum Gasteiger partial charge on any atom is 0.429 e. The second-order valence-corrected chi connectivity index (χ2v) is 7.05. The van der Waals surface area contributed by atoms with Crippen LogP contribution < -0.4 is 15.2 Å². The quantitative estimate of drug-likeness (QED) is 0.261. The first-order valence-electron chi connectivity index (χ1n) is 10.00. The predicted octanol–water partition coefficient (Wildman–Crippen LogP) is 5.46. The second kappa shape index (κ2) is 10.3. The molecule has 5 nitrogen and oxygen atoms in total. The molecule has 0 aromatic heterocycles. The van der Waals surface area contributed by atoms with E-state index in [0.717, 1.165) is 0 Å². The van der Waals surface area contributed by atoms with Crippen molar-refractivity contribution in [3.63, 3.8) is 0 Å². The van der Waals surface area contributed by atoms with Crippen LogP contribution in [0.3, 0.4) is 0 Å². The van der Waals surface area contributed by atoms with Gasteiger partial charge < -0.3 is 14.9 Å². The van der Waals surface area contributed by atoms with Gasteiger partial charge in [-0.3, -0.25) is 4.79 Å². The van der Waals surface area contributed by atoms with E-state index in [2.05, 4.69) is 5.43 Å². The predicted molar refractivity (Wildman–Crippen MR) is 115 cm³/mol. The lowest BCUT2D eigenvalue weighted by Gasteiger charge is -2.29. The lowest BCUT2D eigenvalue weighted by molar-refractivity contribution is -0.214. The van der Waals surface area contributed by atoms with E-state index in [1.807, 2.05) is 6.07 Å². The van der Waals surface area contributed by atoms with Gasteiger partial charge in [-0.2, -0.15) is 18.6 Å². The summed E-state index contributed by atoms with van der Waals surface area (Å²) in [6.07, 6.45) is -7.32. The van der Waals surface area contributed by atoms with Gasteiger partial charge in [0, 0.05) is 18.1 Å². The van der Waals surface area contributed by atoms with Gasteiger partial charge in [0.25, 0.3) is 0 Å². The molecule has 0 spiro atoms. The number of hydrazine groups is 1. The van der Waals surface area contributed by atoms with E-state index in [4.69, 9.17) is 4.74 Å². The average molecular weight is 444 g/mol. The van der Waals surface area contributed by atoms with Gasteiger partial charge in [-0.1, -0.05) is 49.4 Å². The molecule has 0 aliphatic heterocycles. The Kier molecular flexibility index (Phi) is 7.50. The first kappa shape index (κ1) is 23.3. The molecule has 0 aliphatic rings. The summed E-state index contributed by atoms with van der Waals surface area (Å²) < 4.78 is 44.9. The molecule has 0 aliphatic carbocycles. The molecule has 3 rings (SSSR count). The number of carbonyl (C=O) groups excluding carboxylic acids is 1. The number of para-hydroxylation sites is 1. The number of hydrogen-bond acceptors (Lipinski definition) is 5. The third kappa shape index (κ3) is 6.32. The average Bonchev–Trinajstić information content (AvgIpc) is 2.78. The van der Waals surface area contributed by atoms with Crippen LogP contribution >= 0.6 is 0 Å². The largest absolute Gasteiger partial charge is 0.457 e. The van der Waals surface area contributed by atoms with Gasteiger partial charge in [0.1, 0.15) is 11.5 Å². The van der Waals surface area contributed by atoms with Crippen LogP contribution in [0.2, 0.25) is 0 Å². The molecule has 3 aromatic rings. The topological polar surface area (TPSA) is 61.8 Å². The number of carbonyl (C=O) groups is 1. The van der Waals surface area contributed by atoms with Crippen molar-refractivity contribution in [3.8, 4) is 11.5 Å². The SMILES string of the molecule is CCC(=O)c1cccc(CN(NC(O)C(F)(F)F)c2cccc(Oc3ccccc3)c2)c1. The Labute approximate surface area is 184 Å². The molecule has 0 amide bonds. The third-order valence-corrected chi connectivity index (χ3v) is 4.61. The zero-order valence-electron chi connectivity index (χ0n) is 17.3. The van der Waals surface area contributed by atoms with Crippen molar-refractivity contribution in [3.05, 3.63) is 90.0 Å². The molecule has 32 heavy (non-hydrogen) atoms. The number of anilines is 1.